The Kier molecular flexibility index (Phi) is 2.56. The number of fused-ring (bicyclic) bond motifs is 2. The first-order valence-corrected chi connectivity index (χ1v) is 7.25. The van der Waals surface area contributed by atoms with Crippen molar-refractivity contribution in [1.82, 2.24) is 9.46 Å². The van der Waals surface area contributed by atoms with E-state index in [0.717, 1.165) is 13.4 Å². The Labute approximate surface area is 128 Å². The summed E-state index contributed by atoms with van der Waals surface area (Å²) in [6.45, 7) is -3.85. The van der Waals surface area contributed by atoms with Crippen molar-refractivity contribution in [1.29, 1.82) is 0 Å². The first-order chi connectivity index (χ1) is 10.1. The highest BCUT2D eigenvalue weighted by molar-refractivity contribution is 9.10. The molecule has 0 amide bonds. The van der Waals surface area contributed by atoms with Crippen LogP contribution < -0.4 is 0 Å². The van der Waals surface area contributed by atoms with Crippen LogP contribution in [0.25, 0.3) is 5.57 Å². The molecule has 0 aromatic carbocycles. The summed E-state index contributed by atoms with van der Waals surface area (Å²) in [5, 5.41) is 0. The summed E-state index contributed by atoms with van der Waals surface area (Å²) in [6.07, 6.45) is 7.81. The lowest BCUT2D eigenvalue weighted by Crippen LogP contribution is -2.49. The standard InChI is InChI=1S/C14H9BBrF2N3/c16-10-4-1-7-19-14(10)13-11-5-2-8-20(11)15(17,18)21-9-3-6-12(13)21/h1-9H. The second kappa shape index (κ2) is 4.24. The van der Waals surface area contributed by atoms with Crippen molar-refractivity contribution in [3.63, 3.8) is 0 Å². The predicted octanol–water partition coefficient (Wildman–Crippen LogP) is 3.29. The van der Waals surface area contributed by atoms with E-state index in [9.17, 15) is 8.63 Å². The number of rotatable bonds is 1. The van der Waals surface area contributed by atoms with Crippen molar-refractivity contribution < 1.29 is 13.1 Å². The lowest BCUT2D eigenvalue weighted by molar-refractivity contribution is -0.356. The molecule has 0 radical (unpaired) electrons. The lowest BCUT2D eigenvalue weighted by atomic mass is 9.88. The Balaban J connectivity index is 2.09. The zero-order chi connectivity index (χ0) is 14.6. The van der Waals surface area contributed by atoms with E-state index in [4.69, 9.17) is 0 Å². The SMILES string of the molecule is F[B-]1(F)n2cccc2C(c2ncccc2Br)=C2C=CC=[N+]21. The first-order valence-electron chi connectivity index (χ1n) is 6.45. The van der Waals surface area contributed by atoms with Gasteiger partial charge >= 0.3 is 6.97 Å². The van der Waals surface area contributed by atoms with Gasteiger partial charge in [0.15, 0.2) is 5.70 Å². The second-order valence-electron chi connectivity index (χ2n) is 4.90. The lowest BCUT2D eigenvalue weighted by Gasteiger charge is -2.30. The van der Waals surface area contributed by atoms with Gasteiger partial charge in [0.25, 0.3) is 0 Å². The Morgan fingerprint density at radius 3 is 2.90 bits per heavy atom. The highest BCUT2D eigenvalue weighted by atomic mass is 79.9. The van der Waals surface area contributed by atoms with Crippen LogP contribution in [0.2, 0.25) is 0 Å². The second-order valence-corrected chi connectivity index (χ2v) is 5.75. The number of aromatic nitrogens is 2. The Bertz CT molecular complexity index is 851. The molecule has 0 N–H and O–H groups in total. The van der Waals surface area contributed by atoms with Crippen molar-refractivity contribution in [2.45, 2.75) is 0 Å². The average Bonchev–Trinajstić information content (AvgIpc) is 3.10. The minimum absolute atomic E-state index is 0.477. The third-order valence-corrected chi connectivity index (χ3v) is 4.37. The number of hydrogen-bond donors (Lipinski definition) is 0. The Hall–Kier alpha value is -2.02. The molecule has 0 aliphatic carbocycles. The molecule has 0 bridgehead atoms. The summed E-state index contributed by atoms with van der Waals surface area (Å²) < 4.78 is 32.0. The fraction of sp³-hybridized carbons (Fsp3) is 0. The first kappa shape index (κ1) is 12.7. The fourth-order valence-electron chi connectivity index (χ4n) is 2.83. The van der Waals surface area contributed by atoms with E-state index < -0.39 is 6.97 Å². The van der Waals surface area contributed by atoms with E-state index >= 15 is 0 Å². The van der Waals surface area contributed by atoms with Gasteiger partial charge in [-0.1, -0.05) is 0 Å². The van der Waals surface area contributed by atoms with Crippen LogP contribution in [0.3, 0.4) is 0 Å². The Morgan fingerprint density at radius 2 is 2.10 bits per heavy atom. The maximum atomic E-state index is 14.6. The van der Waals surface area contributed by atoms with Crippen molar-refractivity contribution >= 4 is 34.7 Å². The molecular weight excluding hydrogens is 339 g/mol. The van der Waals surface area contributed by atoms with Crippen LogP contribution in [0.4, 0.5) is 8.63 Å². The number of pyridine rings is 1. The van der Waals surface area contributed by atoms with Crippen LogP contribution in [-0.4, -0.2) is 27.1 Å². The van der Waals surface area contributed by atoms with E-state index in [1.165, 1.54) is 12.4 Å². The Morgan fingerprint density at radius 1 is 1.24 bits per heavy atom. The molecule has 0 spiro atoms. The van der Waals surface area contributed by atoms with Gasteiger partial charge < -0.3 is 17.6 Å². The van der Waals surface area contributed by atoms with Crippen LogP contribution in [0.1, 0.15) is 11.4 Å². The van der Waals surface area contributed by atoms with Gasteiger partial charge in [-0.25, -0.2) is 0 Å². The van der Waals surface area contributed by atoms with Gasteiger partial charge in [-0.05, 0) is 46.4 Å². The molecule has 4 rings (SSSR count). The summed E-state index contributed by atoms with van der Waals surface area (Å²) in [7, 11) is 0. The van der Waals surface area contributed by atoms with Crippen molar-refractivity contribution in [2.24, 2.45) is 0 Å². The number of allylic oxidation sites excluding steroid dienone is 2. The molecule has 2 aliphatic heterocycles. The summed E-state index contributed by atoms with van der Waals surface area (Å²) in [4.78, 5) is 4.36. The van der Waals surface area contributed by atoms with Crippen LogP contribution in [0.15, 0.2) is 59.0 Å². The minimum atomic E-state index is -3.85. The highest BCUT2D eigenvalue weighted by Crippen LogP contribution is 2.39. The van der Waals surface area contributed by atoms with Gasteiger partial charge in [-0.3, -0.25) is 4.98 Å². The minimum Gasteiger partial charge on any atom is -0.396 e. The van der Waals surface area contributed by atoms with Gasteiger partial charge in [-0.15, -0.1) is 0 Å². The maximum absolute atomic E-state index is 14.6. The van der Waals surface area contributed by atoms with Gasteiger partial charge in [0, 0.05) is 28.5 Å². The molecule has 0 fully saturated rings. The van der Waals surface area contributed by atoms with Gasteiger partial charge in [-0.2, -0.15) is 0 Å². The van der Waals surface area contributed by atoms with Crippen molar-refractivity contribution in [3.05, 3.63) is 70.4 Å². The third-order valence-electron chi connectivity index (χ3n) is 3.73. The van der Waals surface area contributed by atoms with E-state index in [0.29, 0.717) is 22.7 Å². The normalized spacial score (nSPS) is 18.5. The molecule has 3 nitrogen and oxygen atoms in total. The molecule has 0 saturated carbocycles. The van der Waals surface area contributed by atoms with Crippen LogP contribution in [0.5, 0.6) is 0 Å². The summed E-state index contributed by atoms with van der Waals surface area (Å²) in [5.74, 6) is 0. The zero-order valence-corrected chi connectivity index (χ0v) is 12.3. The van der Waals surface area contributed by atoms with Crippen LogP contribution >= 0.6 is 15.9 Å². The summed E-state index contributed by atoms with van der Waals surface area (Å²) in [6, 6.07) is 6.98. The number of nitrogens with zero attached hydrogens (tertiary/aromatic N) is 3. The largest absolute Gasteiger partial charge is 0.737 e. The number of hydrogen-bond acceptors (Lipinski definition) is 1. The van der Waals surface area contributed by atoms with E-state index in [1.54, 1.807) is 36.5 Å². The molecule has 2 aliphatic rings. The van der Waals surface area contributed by atoms with Crippen LogP contribution in [0, 0.1) is 0 Å². The highest BCUT2D eigenvalue weighted by Gasteiger charge is 2.51. The monoisotopic (exact) mass is 347 g/mol. The fourth-order valence-corrected chi connectivity index (χ4v) is 3.28. The average molecular weight is 348 g/mol. The van der Waals surface area contributed by atoms with Crippen molar-refractivity contribution in [2.75, 3.05) is 0 Å². The molecule has 2 aromatic rings. The quantitative estimate of drug-likeness (QED) is 0.725. The molecule has 2 aromatic heterocycles. The zero-order valence-electron chi connectivity index (χ0n) is 10.7. The molecule has 7 heteroatoms. The third kappa shape index (κ3) is 1.64. The predicted molar refractivity (Wildman–Crippen MR) is 81.2 cm³/mol. The number of halogens is 3. The molecule has 0 atom stereocenters. The summed E-state index contributed by atoms with van der Waals surface area (Å²) in [5.41, 5.74) is 2.31. The maximum Gasteiger partial charge on any atom is 0.737 e. The molecule has 0 unspecified atom stereocenters. The van der Waals surface area contributed by atoms with Crippen LogP contribution in [-0.2, 0) is 0 Å². The molecule has 0 saturated heterocycles. The smallest absolute Gasteiger partial charge is 0.396 e. The van der Waals surface area contributed by atoms with Gasteiger partial charge in [0.2, 0.25) is 0 Å². The molecule has 21 heavy (non-hydrogen) atoms. The topological polar surface area (TPSA) is 20.8 Å². The molecule has 104 valence electrons. The summed E-state index contributed by atoms with van der Waals surface area (Å²) >= 11 is 3.46. The van der Waals surface area contributed by atoms with E-state index in [2.05, 4.69) is 20.9 Å². The van der Waals surface area contributed by atoms with Gasteiger partial charge in [0.05, 0.1) is 11.3 Å². The molecular formula is C14H9BBrF2N3. The van der Waals surface area contributed by atoms with Gasteiger partial charge in [0.1, 0.15) is 6.21 Å². The van der Waals surface area contributed by atoms with Crippen molar-refractivity contribution in [3.8, 4) is 0 Å². The van der Waals surface area contributed by atoms with E-state index in [-0.39, 0.29) is 0 Å². The van der Waals surface area contributed by atoms with E-state index in [1.807, 2.05) is 6.07 Å². The molecule has 4 heterocycles.